The van der Waals surface area contributed by atoms with Gasteiger partial charge in [-0.05, 0) is 13.3 Å². The topological polar surface area (TPSA) is 80.5 Å². The van der Waals surface area contributed by atoms with Gasteiger partial charge in [0.25, 0.3) is 0 Å². The van der Waals surface area contributed by atoms with Gasteiger partial charge in [-0.1, -0.05) is 12.1 Å². The maximum atomic E-state index is 4.35. The van der Waals surface area contributed by atoms with E-state index in [1.54, 1.807) is 10.9 Å². The number of nitrogens with zero attached hydrogens (tertiary/aromatic N) is 5. The number of rotatable bonds is 7. The Hall–Kier alpha value is -2.18. The highest BCUT2D eigenvalue weighted by Gasteiger charge is 2.01. The van der Waals surface area contributed by atoms with Crippen molar-refractivity contribution in [3.05, 3.63) is 24.3 Å². The van der Waals surface area contributed by atoms with Gasteiger partial charge in [-0.2, -0.15) is 0 Å². The molecule has 7 nitrogen and oxygen atoms in total. The van der Waals surface area contributed by atoms with Gasteiger partial charge in [-0.3, -0.25) is 4.68 Å². The summed E-state index contributed by atoms with van der Waals surface area (Å²) in [6, 6.07) is 1.92. The highest BCUT2D eigenvalue weighted by atomic mass is 15.4. The minimum Gasteiger partial charge on any atom is -0.370 e. The second-order valence-corrected chi connectivity index (χ2v) is 4.21. The zero-order valence-corrected chi connectivity index (χ0v) is 11.3. The zero-order valence-electron chi connectivity index (χ0n) is 11.3. The van der Waals surface area contributed by atoms with Crippen LogP contribution in [0.25, 0.3) is 0 Å². The highest BCUT2D eigenvalue weighted by Crippen LogP contribution is 2.10. The lowest BCUT2D eigenvalue weighted by atomic mass is 10.4. The van der Waals surface area contributed by atoms with E-state index in [2.05, 4.69) is 37.8 Å². The zero-order chi connectivity index (χ0) is 13.5. The standard InChI is InChI=1S/C12H19N7/c1-3-4-13-11-9-12(17-10(2)16-11)14-5-7-19-8-6-15-18-19/h6,8-9H,3-5,7H2,1-2H3,(H2,13,14,16,17). The average molecular weight is 261 g/mol. The molecule has 2 rings (SSSR count). The predicted molar refractivity (Wildman–Crippen MR) is 74.1 cm³/mol. The minimum atomic E-state index is 0.743. The quantitative estimate of drug-likeness (QED) is 0.782. The summed E-state index contributed by atoms with van der Waals surface area (Å²) in [4.78, 5) is 8.69. The van der Waals surface area contributed by atoms with Crippen molar-refractivity contribution in [1.29, 1.82) is 0 Å². The molecule has 0 bridgehead atoms. The lowest BCUT2D eigenvalue weighted by Gasteiger charge is -2.09. The second kappa shape index (κ2) is 6.67. The predicted octanol–water partition coefficient (Wildman–Crippen LogP) is 1.31. The number of aryl methyl sites for hydroxylation is 1. The third-order valence-corrected chi connectivity index (χ3v) is 2.51. The van der Waals surface area contributed by atoms with Crippen LogP contribution in [0.1, 0.15) is 19.2 Å². The summed E-state index contributed by atoms with van der Waals surface area (Å²) in [5.41, 5.74) is 0. The molecule has 0 amide bonds. The van der Waals surface area contributed by atoms with Crippen molar-refractivity contribution in [2.24, 2.45) is 0 Å². The lowest BCUT2D eigenvalue weighted by Crippen LogP contribution is -2.13. The Morgan fingerprint density at radius 3 is 2.53 bits per heavy atom. The first-order chi connectivity index (χ1) is 9.28. The molecule has 19 heavy (non-hydrogen) atoms. The van der Waals surface area contributed by atoms with Gasteiger partial charge in [0.05, 0.1) is 12.7 Å². The Morgan fingerprint density at radius 1 is 1.16 bits per heavy atom. The molecule has 0 aliphatic rings. The van der Waals surface area contributed by atoms with Gasteiger partial charge in [-0.25, -0.2) is 9.97 Å². The molecule has 0 unspecified atom stereocenters. The fourth-order valence-electron chi connectivity index (χ4n) is 1.65. The van der Waals surface area contributed by atoms with Crippen molar-refractivity contribution in [2.45, 2.75) is 26.8 Å². The van der Waals surface area contributed by atoms with E-state index in [9.17, 15) is 0 Å². The summed E-state index contributed by atoms with van der Waals surface area (Å²) in [5.74, 6) is 2.44. The van der Waals surface area contributed by atoms with E-state index in [1.165, 1.54) is 0 Å². The number of anilines is 2. The van der Waals surface area contributed by atoms with Crippen LogP contribution < -0.4 is 10.6 Å². The highest BCUT2D eigenvalue weighted by molar-refractivity contribution is 5.47. The molecule has 2 N–H and O–H groups in total. The first-order valence-corrected chi connectivity index (χ1v) is 6.45. The summed E-state index contributed by atoms with van der Waals surface area (Å²) < 4.78 is 1.78. The van der Waals surface area contributed by atoms with Crippen molar-refractivity contribution in [3.8, 4) is 0 Å². The monoisotopic (exact) mass is 261 g/mol. The molecule has 7 heteroatoms. The third kappa shape index (κ3) is 4.20. The lowest BCUT2D eigenvalue weighted by molar-refractivity contribution is 0.608. The van der Waals surface area contributed by atoms with Gasteiger partial charge in [0.2, 0.25) is 0 Å². The fourth-order valence-corrected chi connectivity index (χ4v) is 1.65. The van der Waals surface area contributed by atoms with Crippen LogP contribution in [0.3, 0.4) is 0 Å². The number of aromatic nitrogens is 5. The smallest absolute Gasteiger partial charge is 0.131 e. The van der Waals surface area contributed by atoms with Crippen LogP contribution in [0.15, 0.2) is 18.5 Å². The van der Waals surface area contributed by atoms with E-state index in [1.807, 2.05) is 19.2 Å². The Balaban J connectivity index is 1.90. The molecule has 0 spiro atoms. The van der Waals surface area contributed by atoms with Gasteiger partial charge >= 0.3 is 0 Å². The van der Waals surface area contributed by atoms with Gasteiger partial charge in [0, 0.05) is 25.4 Å². The van der Waals surface area contributed by atoms with Crippen LogP contribution in [0, 0.1) is 6.92 Å². The Morgan fingerprint density at radius 2 is 1.89 bits per heavy atom. The molecule has 0 saturated carbocycles. The minimum absolute atomic E-state index is 0.743. The van der Waals surface area contributed by atoms with Crippen molar-refractivity contribution in [1.82, 2.24) is 25.0 Å². The summed E-state index contributed by atoms with van der Waals surface area (Å²) in [6.45, 7) is 6.42. The largest absolute Gasteiger partial charge is 0.370 e. The molecule has 0 aliphatic heterocycles. The van der Waals surface area contributed by atoms with E-state index < -0.39 is 0 Å². The van der Waals surface area contributed by atoms with E-state index >= 15 is 0 Å². The summed E-state index contributed by atoms with van der Waals surface area (Å²) in [5, 5.41) is 14.2. The van der Waals surface area contributed by atoms with E-state index in [-0.39, 0.29) is 0 Å². The number of nitrogens with one attached hydrogen (secondary N) is 2. The Bertz CT molecular complexity index is 495. The maximum absolute atomic E-state index is 4.35. The molecule has 0 saturated heterocycles. The summed E-state index contributed by atoms with van der Waals surface area (Å²) >= 11 is 0. The first kappa shape index (κ1) is 13.3. The molecule has 2 aromatic rings. The summed E-state index contributed by atoms with van der Waals surface area (Å²) in [7, 11) is 0. The van der Waals surface area contributed by atoms with E-state index in [0.29, 0.717) is 0 Å². The molecular weight excluding hydrogens is 242 g/mol. The van der Waals surface area contributed by atoms with E-state index in [4.69, 9.17) is 0 Å². The van der Waals surface area contributed by atoms with Gasteiger partial charge in [0.1, 0.15) is 17.5 Å². The van der Waals surface area contributed by atoms with Crippen molar-refractivity contribution in [3.63, 3.8) is 0 Å². The molecule has 102 valence electrons. The summed E-state index contributed by atoms with van der Waals surface area (Å²) in [6.07, 6.45) is 4.57. The molecule has 0 radical (unpaired) electrons. The third-order valence-electron chi connectivity index (χ3n) is 2.51. The van der Waals surface area contributed by atoms with Crippen LogP contribution in [0.5, 0.6) is 0 Å². The van der Waals surface area contributed by atoms with Gasteiger partial charge in [0.15, 0.2) is 0 Å². The van der Waals surface area contributed by atoms with Gasteiger partial charge < -0.3 is 10.6 Å². The first-order valence-electron chi connectivity index (χ1n) is 6.45. The molecule has 2 heterocycles. The second-order valence-electron chi connectivity index (χ2n) is 4.21. The van der Waals surface area contributed by atoms with Crippen LogP contribution in [-0.2, 0) is 6.54 Å². The SMILES string of the molecule is CCCNc1cc(NCCn2ccnn2)nc(C)n1. The van der Waals surface area contributed by atoms with Crippen LogP contribution in [-0.4, -0.2) is 38.1 Å². The van der Waals surface area contributed by atoms with E-state index in [0.717, 1.165) is 43.5 Å². The molecular formula is C12H19N7. The van der Waals surface area contributed by atoms with Crippen LogP contribution in [0.4, 0.5) is 11.6 Å². The molecule has 2 aromatic heterocycles. The van der Waals surface area contributed by atoms with Crippen molar-refractivity contribution < 1.29 is 0 Å². The Kier molecular flexibility index (Phi) is 4.66. The average Bonchev–Trinajstić information content (AvgIpc) is 2.89. The normalized spacial score (nSPS) is 10.4. The fraction of sp³-hybridized carbons (Fsp3) is 0.500. The molecule has 0 aromatic carbocycles. The Labute approximate surface area is 112 Å². The number of hydrogen-bond acceptors (Lipinski definition) is 6. The molecule has 0 aliphatic carbocycles. The van der Waals surface area contributed by atoms with Crippen molar-refractivity contribution in [2.75, 3.05) is 23.7 Å². The van der Waals surface area contributed by atoms with Crippen LogP contribution in [0.2, 0.25) is 0 Å². The maximum Gasteiger partial charge on any atom is 0.131 e. The van der Waals surface area contributed by atoms with Crippen LogP contribution >= 0.6 is 0 Å². The van der Waals surface area contributed by atoms with Gasteiger partial charge in [-0.15, -0.1) is 5.10 Å². The molecule has 0 atom stereocenters. The number of hydrogen-bond donors (Lipinski definition) is 2. The molecule has 0 fully saturated rings. The van der Waals surface area contributed by atoms with Crippen molar-refractivity contribution >= 4 is 11.6 Å².